The highest BCUT2D eigenvalue weighted by Gasteiger charge is 2.14. The maximum absolute atomic E-state index is 6.44. The summed E-state index contributed by atoms with van der Waals surface area (Å²) in [5, 5.41) is 4.94. The molecule has 28 heavy (non-hydrogen) atoms. The molecular formula is C25H19N3. The van der Waals surface area contributed by atoms with Crippen LogP contribution >= 0.6 is 0 Å². The molecule has 0 aliphatic rings. The Hall–Kier alpha value is -3.72. The van der Waals surface area contributed by atoms with Crippen LogP contribution in [0, 0.1) is 0 Å². The third-order valence-corrected chi connectivity index (χ3v) is 5.95. The van der Waals surface area contributed by atoms with Crippen LogP contribution in [0.5, 0.6) is 0 Å². The van der Waals surface area contributed by atoms with E-state index in [-0.39, 0.29) is 0 Å². The van der Waals surface area contributed by atoms with Crippen molar-refractivity contribution in [3.8, 4) is 11.1 Å². The standard InChI is InChI=1S/C25H19N3/c1-27-22-11-4-2-8-19(22)21-10-6-9-17(25(21)27)16-13-14-20-18-7-3-5-12-23(18)28(26)24(20)15-16/h2-15H,26H2,1H3. The first-order valence-corrected chi connectivity index (χ1v) is 9.49. The first kappa shape index (κ1) is 15.3. The Morgan fingerprint density at radius 2 is 1.25 bits per heavy atom. The van der Waals surface area contributed by atoms with Gasteiger partial charge in [-0.2, -0.15) is 0 Å². The fraction of sp³-hybridized carbons (Fsp3) is 0.0400. The van der Waals surface area contributed by atoms with Crippen LogP contribution in [0.4, 0.5) is 0 Å². The second kappa shape index (κ2) is 5.40. The van der Waals surface area contributed by atoms with Crippen molar-refractivity contribution in [3.63, 3.8) is 0 Å². The van der Waals surface area contributed by atoms with Crippen LogP contribution in [0.3, 0.4) is 0 Å². The molecule has 3 heteroatoms. The number of rotatable bonds is 1. The normalized spacial score (nSPS) is 11.9. The maximum atomic E-state index is 6.44. The lowest BCUT2D eigenvalue weighted by Crippen LogP contribution is -2.06. The second-order valence-electron chi connectivity index (χ2n) is 7.40. The molecule has 0 aliphatic heterocycles. The highest BCUT2D eigenvalue weighted by atomic mass is 15.3. The van der Waals surface area contributed by atoms with Crippen molar-refractivity contribution >= 4 is 43.6 Å². The SMILES string of the molecule is Cn1c2ccccc2c2cccc(-c3ccc4c5ccccc5n(N)c4c3)c21. The maximum Gasteiger partial charge on any atom is 0.0709 e. The summed E-state index contributed by atoms with van der Waals surface area (Å²) in [5.41, 5.74) is 7.01. The lowest BCUT2D eigenvalue weighted by atomic mass is 10.0. The number of hydrogen-bond acceptors (Lipinski definition) is 1. The van der Waals surface area contributed by atoms with Crippen LogP contribution < -0.4 is 5.84 Å². The number of nitrogen functional groups attached to an aromatic ring is 1. The number of benzene rings is 4. The van der Waals surface area contributed by atoms with Crippen molar-refractivity contribution in [1.82, 2.24) is 9.24 Å². The average Bonchev–Trinajstić information content (AvgIpc) is 3.21. The second-order valence-corrected chi connectivity index (χ2v) is 7.40. The van der Waals surface area contributed by atoms with E-state index >= 15 is 0 Å². The number of para-hydroxylation sites is 3. The zero-order valence-corrected chi connectivity index (χ0v) is 15.6. The van der Waals surface area contributed by atoms with E-state index in [2.05, 4.69) is 90.5 Å². The van der Waals surface area contributed by atoms with Gasteiger partial charge in [-0.15, -0.1) is 0 Å². The van der Waals surface area contributed by atoms with Crippen LogP contribution in [0.1, 0.15) is 0 Å². The zero-order valence-electron chi connectivity index (χ0n) is 15.6. The minimum atomic E-state index is 1.05. The quantitative estimate of drug-likeness (QED) is 0.368. The monoisotopic (exact) mass is 361 g/mol. The number of nitrogens with zero attached hydrogens (tertiary/aromatic N) is 2. The van der Waals surface area contributed by atoms with Gasteiger partial charge >= 0.3 is 0 Å². The molecule has 4 aromatic carbocycles. The lowest BCUT2D eigenvalue weighted by Gasteiger charge is -2.08. The van der Waals surface area contributed by atoms with E-state index in [1.807, 2.05) is 6.07 Å². The topological polar surface area (TPSA) is 35.9 Å². The van der Waals surface area contributed by atoms with E-state index in [0.29, 0.717) is 0 Å². The van der Waals surface area contributed by atoms with Gasteiger partial charge in [0, 0.05) is 39.7 Å². The number of aromatic nitrogens is 2. The summed E-state index contributed by atoms with van der Waals surface area (Å²) in [5.74, 6) is 6.44. The highest BCUT2D eigenvalue weighted by molar-refractivity contribution is 6.14. The fourth-order valence-corrected chi connectivity index (χ4v) is 4.64. The van der Waals surface area contributed by atoms with Crippen LogP contribution in [-0.2, 0) is 7.05 Å². The summed E-state index contributed by atoms with van der Waals surface area (Å²) in [6, 6.07) is 30.0. The predicted molar refractivity (Wildman–Crippen MR) is 119 cm³/mol. The lowest BCUT2D eigenvalue weighted by molar-refractivity contribution is 1.02. The molecule has 2 N–H and O–H groups in total. The third kappa shape index (κ3) is 1.88. The molecule has 0 fully saturated rings. The Balaban J connectivity index is 1.71. The Morgan fingerprint density at radius 3 is 2.07 bits per heavy atom. The first-order chi connectivity index (χ1) is 13.7. The van der Waals surface area contributed by atoms with Crippen LogP contribution in [0.15, 0.2) is 84.9 Å². The van der Waals surface area contributed by atoms with E-state index in [9.17, 15) is 0 Å². The molecule has 0 saturated carbocycles. The van der Waals surface area contributed by atoms with Gasteiger partial charge < -0.3 is 10.4 Å². The summed E-state index contributed by atoms with van der Waals surface area (Å²) in [4.78, 5) is 0. The summed E-state index contributed by atoms with van der Waals surface area (Å²) >= 11 is 0. The van der Waals surface area contributed by atoms with Gasteiger partial charge in [0.1, 0.15) is 0 Å². The predicted octanol–water partition coefficient (Wildman–Crippen LogP) is 5.82. The minimum Gasteiger partial charge on any atom is -0.343 e. The molecule has 134 valence electrons. The van der Waals surface area contributed by atoms with Gasteiger partial charge in [-0.1, -0.05) is 66.7 Å². The van der Waals surface area contributed by atoms with Crippen molar-refractivity contribution in [2.45, 2.75) is 0 Å². The van der Waals surface area contributed by atoms with Crippen LogP contribution in [0.2, 0.25) is 0 Å². The molecule has 3 nitrogen and oxygen atoms in total. The number of aryl methyl sites for hydroxylation is 1. The summed E-state index contributed by atoms with van der Waals surface area (Å²) in [7, 11) is 2.15. The van der Waals surface area contributed by atoms with E-state index in [4.69, 9.17) is 5.84 Å². The molecule has 0 spiro atoms. The van der Waals surface area contributed by atoms with Gasteiger partial charge in [0.05, 0.1) is 16.6 Å². The Bertz CT molecular complexity index is 1530. The number of hydrogen-bond donors (Lipinski definition) is 1. The van der Waals surface area contributed by atoms with Gasteiger partial charge in [-0.25, -0.2) is 0 Å². The van der Waals surface area contributed by atoms with Gasteiger partial charge in [-0.05, 0) is 23.8 Å². The van der Waals surface area contributed by atoms with E-state index < -0.39 is 0 Å². The van der Waals surface area contributed by atoms with Crippen LogP contribution in [0.25, 0.3) is 54.7 Å². The summed E-state index contributed by atoms with van der Waals surface area (Å²) < 4.78 is 4.10. The molecule has 0 radical (unpaired) electrons. The van der Waals surface area contributed by atoms with Crippen molar-refractivity contribution in [2.75, 3.05) is 5.84 Å². The Kier molecular flexibility index (Phi) is 2.96. The molecule has 0 atom stereocenters. The van der Waals surface area contributed by atoms with Gasteiger partial charge in [0.25, 0.3) is 0 Å². The van der Waals surface area contributed by atoms with E-state index in [1.165, 1.54) is 43.7 Å². The molecule has 6 rings (SSSR count). The Morgan fingerprint density at radius 1 is 0.607 bits per heavy atom. The molecule has 2 aromatic heterocycles. The van der Waals surface area contributed by atoms with Gasteiger partial charge in [0.2, 0.25) is 0 Å². The summed E-state index contributed by atoms with van der Waals surface area (Å²) in [6.07, 6.45) is 0. The van der Waals surface area contributed by atoms with Crippen molar-refractivity contribution in [1.29, 1.82) is 0 Å². The van der Waals surface area contributed by atoms with Crippen molar-refractivity contribution in [3.05, 3.63) is 84.9 Å². The largest absolute Gasteiger partial charge is 0.343 e. The highest BCUT2D eigenvalue weighted by Crippen LogP contribution is 2.37. The number of nitrogens with two attached hydrogens (primary N) is 1. The molecule has 0 bridgehead atoms. The first-order valence-electron chi connectivity index (χ1n) is 9.49. The average molecular weight is 361 g/mol. The number of fused-ring (bicyclic) bond motifs is 6. The third-order valence-electron chi connectivity index (χ3n) is 5.95. The molecule has 0 saturated heterocycles. The molecule has 0 unspecified atom stereocenters. The van der Waals surface area contributed by atoms with E-state index in [0.717, 1.165) is 11.0 Å². The van der Waals surface area contributed by atoms with Crippen molar-refractivity contribution in [2.24, 2.45) is 7.05 Å². The smallest absolute Gasteiger partial charge is 0.0709 e. The molecule has 0 amide bonds. The molecule has 0 aliphatic carbocycles. The Labute approximate surface area is 162 Å². The summed E-state index contributed by atoms with van der Waals surface area (Å²) in [6.45, 7) is 0. The van der Waals surface area contributed by atoms with Gasteiger partial charge in [0.15, 0.2) is 0 Å². The molecular weight excluding hydrogens is 342 g/mol. The van der Waals surface area contributed by atoms with E-state index in [1.54, 1.807) is 4.68 Å². The van der Waals surface area contributed by atoms with Crippen molar-refractivity contribution < 1.29 is 0 Å². The fourth-order valence-electron chi connectivity index (χ4n) is 4.64. The molecule has 6 aromatic rings. The molecule has 2 heterocycles. The zero-order chi connectivity index (χ0) is 18.8. The minimum absolute atomic E-state index is 1.05. The van der Waals surface area contributed by atoms with Gasteiger partial charge in [-0.3, -0.25) is 4.68 Å². The van der Waals surface area contributed by atoms with Crippen LogP contribution in [-0.4, -0.2) is 9.24 Å².